The Hall–Kier alpha value is -0.0500. The minimum Gasteiger partial charge on any atom is -0.325 e. The molecule has 0 saturated heterocycles. The fourth-order valence-corrected chi connectivity index (χ4v) is 3.94. The first-order valence-corrected chi connectivity index (χ1v) is 7.95. The summed E-state index contributed by atoms with van der Waals surface area (Å²) in [6, 6.07) is 6.11. The second kappa shape index (κ2) is 5.94. The van der Waals surface area contributed by atoms with Gasteiger partial charge < -0.3 is 5.73 Å². The lowest BCUT2D eigenvalue weighted by Gasteiger charge is -2.41. The molecule has 0 heterocycles. The van der Waals surface area contributed by atoms with Crippen LogP contribution < -0.4 is 5.73 Å². The second-order valence-electron chi connectivity index (χ2n) is 5.50. The molecular formula is C15H21BrClN. The van der Waals surface area contributed by atoms with Crippen LogP contribution in [0.5, 0.6) is 0 Å². The predicted octanol–water partition coefficient (Wildman–Crippen LogP) is 4.94. The highest BCUT2D eigenvalue weighted by Gasteiger charge is 2.36. The van der Waals surface area contributed by atoms with Crippen LogP contribution in [0.4, 0.5) is 0 Å². The standard InChI is InChI=1S/C15H21BrClN/c1-2-12-5-3-4-8-15(12,18)10-11-6-7-13(16)9-14(11)17/h6-7,9,12H,2-5,8,10,18H2,1H3. The van der Waals surface area contributed by atoms with Gasteiger partial charge >= 0.3 is 0 Å². The Morgan fingerprint density at radius 1 is 1.44 bits per heavy atom. The predicted molar refractivity (Wildman–Crippen MR) is 82.0 cm³/mol. The van der Waals surface area contributed by atoms with Crippen molar-refractivity contribution in [3.8, 4) is 0 Å². The first kappa shape index (κ1) is 14.4. The van der Waals surface area contributed by atoms with Gasteiger partial charge in [0, 0.05) is 15.0 Å². The van der Waals surface area contributed by atoms with Crippen LogP contribution in [-0.2, 0) is 6.42 Å². The molecule has 0 aliphatic heterocycles. The van der Waals surface area contributed by atoms with E-state index in [1.165, 1.54) is 31.2 Å². The third-order valence-electron chi connectivity index (χ3n) is 4.29. The zero-order valence-corrected chi connectivity index (χ0v) is 13.2. The third kappa shape index (κ3) is 3.09. The Morgan fingerprint density at radius 2 is 2.22 bits per heavy atom. The van der Waals surface area contributed by atoms with Crippen LogP contribution in [0.3, 0.4) is 0 Å². The van der Waals surface area contributed by atoms with Gasteiger partial charge in [0.25, 0.3) is 0 Å². The summed E-state index contributed by atoms with van der Waals surface area (Å²) in [7, 11) is 0. The third-order valence-corrected chi connectivity index (χ3v) is 5.13. The molecule has 1 aromatic rings. The van der Waals surface area contributed by atoms with Crippen molar-refractivity contribution in [1.82, 2.24) is 0 Å². The number of rotatable bonds is 3. The largest absolute Gasteiger partial charge is 0.325 e. The second-order valence-corrected chi connectivity index (χ2v) is 6.82. The zero-order chi connectivity index (χ0) is 13.2. The van der Waals surface area contributed by atoms with Gasteiger partial charge in [-0.2, -0.15) is 0 Å². The number of hydrogen-bond acceptors (Lipinski definition) is 1. The monoisotopic (exact) mass is 329 g/mol. The number of benzene rings is 1. The van der Waals surface area contributed by atoms with Crippen molar-refractivity contribution in [2.24, 2.45) is 11.7 Å². The molecule has 1 aromatic carbocycles. The molecule has 0 bridgehead atoms. The van der Waals surface area contributed by atoms with E-state index >= 15 is 0 Å². The Morgan fingerprint density at radius 3 is 2.89 bits per heavy atom. The zero-order valence-electron chi connectivity index (χ0n) is 10.9. The van der Waals surface area contributed by atoms with E-state index in [-0.39, 0.29) is 5.54 Å². The van der Waals surface area contributed by atoms with E-state index in [4.69, 9.17) is 17.3 Å². The van der Waals surface area contributed by atoms with Gasteiger partial charge in [-0.05, 0) is 42.9 Å². The quantitative estimate of drug-likeness (QED) is 0.834. The van der Waals surface area contributed by atoms with E-state index < -0.39 is 0 Å². The van der Waals surface area contributed by atoms with Gasteiger partial charge in [-0.3, -0.25) is 0 Å². The van der Waals surface area contributed by atoms with E-state index in [2.05, 4.69) is 28.9 Å². The summed E-state index contributed by atoms with van der Waals surface area (Å²) < 4.78 is 1.03. The van der Waals surface area contributed by atoms with E-state index in [1.807, 2.05) is 12.1 Å². The van der Waals surface area contributed by atoms with Crippen molar-refractivity contribution in [3.63, 3.8) is 0 Å². The molecule has 0 aromatic heterocycles. The van der Waals surface area contributed by atoms with Gasteiger partial charge in [0.1, 0.15) is 0 Å². The Kier molecular flexibility index (Phi) is 4.74. The van der Waals surface area contributed by atoms with Crippen LogP contribution in [0.1, 0.15) is 44.6 Å². The highest BCUT2D eigenvalue weighted by Crippen LogP contribution is 2.37. The average molecular weight is 331 g/mol. The summed E-state index contributed by atoms with van der Waals surface area (Å²) in [5.74, 6) is 0.631. The highest BCUT2D eigenvalue weighted by molar-refractivity contribution is 9.10. The first-order chi connectivity index (χ1) is 8.55. The maximum absolute atomic E-state index is 6.68. The minimum absolute atomic E-state index is 0.0650. The van der Waals surface area contributed by atoms with Crippen LogP contribution in [0.15, 0.2) is 22.7 Å². The highest BCUT2D eigenvalue weighted by atomic mass is 79.9. The van der Waals surface area contributed by atoms with Crippen LogP contribution in [0.25, 0.3) is 0 Å². The summed E-state index contributed by atoms with van der Waals surface area (Å²) in [5.41, 5.74) is 7.80. The van der Waals surface area contributed by atoms with Crippen LogP contribution in [0.2, 0.25) is 5.02 Å². The SMILES string of the molecule is CCC1CCCCC1(N)Cc1ccc(Br)cc1Cl. The Bertz CT molecular complexity index is 421. The maximum Gasteiger partial charge on any atom is 0.0449 e. The lowest BCUT2D eigenvalue weighted by molar-refractivity contribution is 0.182. The molecule has 3 heteroatoms. The van der Waals surface area contributed by atoms with Gasteiger partial charge in [0.2, 0.25) is 0 Å². The lowest BCUT2D eigenvalue weighted by atomic mass is 9.69. The fourth-order valence-electron chi connectivity index (χ4n) is 3.20. The first-order valence-electron chi connectivity index (χ1n) is 6.78. The molecule has 0 spiro atoms. The van der Waals surface area contributed by atoms with Gasteiger partial charge in [0.05, 0.1) is 0 Å². The summed E-state index contributed by atoms with van der Waals surface area (Å²) in [4.78, 5) is 0. The summed E-state index contributed by atoms with van der Waals surface area (Å²) in [6.45, 7) is 2.25. The summed E-state index contributed by atoms with van der Waals surface area (Å²) >= 11 is 9.76. The Balaban J connectivity index is 2.20. The molecule has 18 heavy (non-hydrogen) atoms. The van der Waals surface area contributed by atoms with Crippen molar-refractivity contribution < 1.29 is 0 Å². The molecule has 2 rings (SSSR count). The molecule has 2 N–H and O–H groups in total. The van der Waals surface area contributed by atoms with Crippen molar-refractivity contribution in [2.75, 3.05) is 0 Å². The van der Waals surface area contributed by atoms with Crippen molar-refractivity contribution in [3.05, 3.63) is 33.3 Å². The van der Waals surface area contributed by atoms with Gasteiger partial charge in [-0.1, -0.05) is 59.8 Å². The Labute approximate surface area is 123 Å². The van der Waals surface area contributed by atoms with Crippen LogP contribution in [-0.4, -0.2) is 5.54 Å². The molecule has 1 nitrogen and oxygen atoms in total. The van der Waals surface area contributed by atoms with Gasteiger partial charge in [-0.15, -0.1) is 0 Å². The van der Waals surface area contributed by atoms with Crippen molar-refractivity contribution in [2.45, 2.75) is 51.0 Å². The number of halogens is 2. The van der Waals surface area contributed by atoms with Gasteiger partial charge in [-0.25, -0.2) is 0 Å². The van der Waals surface area contributed by atoms with E-state index in [9.17, 15) is 0 Å². The fraction of sp³-hybridized carbons (Fsp3) is 0.600. The van der Waals surface area contributed by atoms with E-state index in [1.54, 1.807) is 0 Å². The number of nitrogens with two attached hydrogens (primary N) is 1. The molecule has 100 valence electrons. The topological polar surface area (TPSA) is 26.0 Å². The molecule has 1 aliphatic rings. The van der Waals surface area contributed by atoms with Crippen LogP contribution in [0, 0.1) is 5.92 Å². The lowest BCUT2D eigenvalue weighted by Crippen LogP contribution is -2.50. The van der Waals surface area contributed by atoms with E-state index in [0.717, 1.165) is 22.3 Å². The molecule has 2 unspecified atom stereocenters. The normalized spacial score (nSPS) is 28.3. The summed E-state index contributed by atoms with van der Waals surface area (Å²) in [6.07, 6.45) is 7.04. The smallest absolute Gasteiger partial charge is 0.0449 e. The molecule has 0 amide bonds. The molecule has 1 aliphatic carbocycles. The van der Waals surface area contributed by atoms with Crippen molar-refractivity contribution >= 4 is 27.5 Å². The van der Waals surface area contributed by atoms with Crippen molar-refractivity contribution in [1.29, 1.82) is 0 Å². The molecule has 1 saturated carbocycles. The average Bonchev–Trinajstić information content (AvgIpc) is 2.33. The molecular weight excluding hydrogens is 310 g/mol. The molecule has 2 atom stereocenters. The van der Waals surface area contributed by atoms with E-state index in [0.29, 0.717) is 5.92 Å². The summed E-state index contributed by atoms with van der Waals surface area (Å²) in [5, 5.41) is 0.828. The number of hydrogen-bond donors (Lipinski definition) is 1. The molecule has 0 radical (unpaired) electrons. The minimum atomic E-state index is -0.0650. The molecule has 1 fully saturated rings. The maximum atomic E-state index is 6.68. The van der Waals surface area contributed by atoms with Gasteiger partial charge in [0.15, 0.2) is 0 Å². The van der Waals surface area contributed by atoms with Crippen LogP contribution >= 0.6 is 27.5 Å².